The molecule has 0 aromatic heterocycles. The lowest BCUT2D eigenvalue weighted by atomic mass is 9.47. The number of alkyl halides is 3. The molecule has 4 nitrogen and oxygen atoms in total. The second kappa shape index (κ2) is 16.3. The molecule has 0 heterocycles. The molecule has 3 fully saturated rings. The van der Waals surface area contributed by atoms with Gasteiger partial charge >= 0.3 is 11.9 Å². The topological polar surface area (TPSA) is 52.6 Å². The van der Waals surface area contributed by atoms with Crippen LogP contribution in [0.3, 0.4) is 0 Å². The summed E-state index contributed by atoms with van der Waals surface area (Å²) in [5, 5.41) is 0. The molecule has 0 radical (unpaired) electrons. The fraction of sp³-hybridized carbons (Fsp3) is 0.707. The highest BCUT2D eigenvalue weighted by atomic mass is 80.0. The average Bonchev–Trinajstić information content (AvgIpc) is 3.39. The minimum atomic E-state index is -0.623. The summed E-state index contributed by atoms with van der Waals surface area (Å²) in [5.41, 5.74) is 3.20. The number of benzene rings is 1. The number of rotatable bonds is 11. The van der Waals surface area contributed by atoms with Gasteiger partial charge in [0.15, 0.2) is 2.14 Å². The number of carbonyl (C=O) groups is 2. The standard InChI is InChI=1S/C41H56Br4O4/c1-25(2)28(11-15-33(29-9-13-31(42)14-10-29)38(47)48-24-41(43,44)45)8-7-26(3)35-17-18-36-34-16-12-30-23-32(49-27(4)46)19-21-39(30,5)37(34)20-22-40(35,36)6/h7-10,12-14,25-26,28,32-37H,11,15-24H2,1-6H3/b8-7+/t26-,28+,32+,33-,34+,35-,36+,37+,39+,40-/m1/s1. The highest BCUT2D eigenvalue weighted by Crippen LogP contribution is 2.67. The number of allylic oxidation sites excluding steroid dienone is 3. The van der Waals surface area contributed by atoms with Crippen molar-refractivity contribution in [2.75, 3.05) is 6.61 Å². The Morgan fingerprint density at radius 1 is 0.959 bits per heavy atom. The quantitative estimate of drug-likeness (QED) is 0.126. The van der Waals surface area contributed by atoms with E-state index in [1.165, 1.54) is 32.1 Å². The smallest absolute Gasteiger partial charge is 0.313 e. The zero-order valence-electron chi connectivity index (χ0n) is 30.2. The number of carbonyl (C=O) groups excluding carboxylic acids is 2. The van der Waals surface area contributed by atoms with Crippen molar-refractivity contribution in [3.05, 3.63) is 58.1 Å². The monoisotopic (exact) mass is 928 g/mol. The molecular weight excluding hydrogens is 876 g/mol. The lowest BCUT2D eigenvalue weighted by Crippen LogP contribution is -2.51. The van der Waals surface area contributed by atoms with Gasteiger partial charge in [-0.1, -0.05) is 134 Å². The zero-order valence-corrected chi connectivity index (χ0v) is 36.5. The van der Waals surface area contributed by atoms with Crippen LogP contribution in [-0.4, -0.2) is 26.8 Å². The summed E-state index contributed by atoms with van der Waals surface area (Å²) in [6.45, 7) is 14.0. The number of esters is 2. The van der Waals surface area contributed by atoms with Gasteiger partial charge in [-0.25, -0.2) is 0 Å². The number of hydrogen-bond acceptors (Lipinski definition) is 4. The van der Waals surface area contributed by atoms with Gasteiger partial charge in [0.1, 0.15) is 12.7 Å². The summed E-state index contributed by atoms with van der Waals surface area (Å²) >= 11 is 13.9. The Hall–Kier alpha value is -0.440. The van der Waals surface area contributed by atoms with Crippen LogP contribution in [0.4, 0.5) is 0 Å². The van der Waals surface area contributed by atoms with E-state index in [4.69, 9.17) is 9.47 Å². The fourth-order valence-corrected chi connectivity index (χ4v) is 11.3. The molecule has 49 heavy (non-hydrogen) atoms. The summed E-state index contributed by atoms with van der Waals surface area (Å²) in [6, 6.07) is 8.07. The minimum Gasteiger partial charge on any atom is -0.462 e. The van der Waals surface area contributed by atoms with Crippen LogP contribution in [0.25, 0.3) is 0 Å². The lowest BCUT2D eigenvalue weighted by molar-refractivity contribution is -0.149. The first-order valence-corrected chi connectivity index (χ1v) is 21.7. The molecule has 8 heteroatoms. The second-order valence-corrected chi connectivity index (χ2v) is 24.7. The SMILES string of the molecule is CC(=O)O[C@H]1CC[C@@]2(C)C(=CC[C@H]3[C@@H]4CC[C@H]([C@H](C)/C=C/[C@@H](CC[C@@H](C(=O)OCC(Br)(Br)Br)c5ccc(Br)cc5)C(C)C)[C@@]4(C)CC[C@@H]32)C1. The number of halogens is 4. The molecule has 10 atom stereocenters. The predicted octanol–water partition coefficient (Wildman–Crippen LogP) is 12.7. The Labute approximate surface area is 329 Å². The zero-order chi connectivity index (χ0) is 35.7. The van der Waals surface area contributed by atoms with E-state index in [1.54, 1.807) is 12.5 Å². The first-order chi connectivity index (χ1) is 23.0. The van der Waals surface area contributed by atoms with E-state index in [1.807, 2.05) is 24.3 Å². The summed E-state index contributed by atoms with van der Waals surface area (Å²) in [5.74, 6) is 3.73. The highest BCUT2D eigenvalue weighted by Gasteiger charge is 2.59. The van der Waals surface area contributed by atoms with E-state index in [2.05, 4.69) is 117 Å². The van der Waals surface area contributed by atoms with E-state index in [0.717, 1.165) is 59.9 Å². The summed E-state index contributed by atoms with van der Waals surface area (Å²) in [7, 11) is 0. The highest BCUT2D eigenvalue weighted by molar-refractivity contribution is 9.39. The molecule has 0 N–H and O–H groups in total. The molecule has 1 aromatic rings. The maximum atomic E-state index is 13.4. The molecule has 4 aliphatic rings. The fourth-order valence-electron chi connectivity index (χ4n) is 10.7. The van der Waals surface area contributed by atoms with Gasteiger partial charge in [-0.15, -0.1) is 0 Å². The molecule has 0 bridgehead atoms. The van der Waals surface area contributed by atoms with Crippen LogP contribution < -0.4 is 0 Å². The third-order valence-electron chi connectivity index (χ3n) is 13.3. The van der Waals surface area contributed by atoms with Crippen molar-refractivity contribution < 1.29 is 19.1 Å². The maximum Gasteiger partial charge on any atom is 0.313 e. The Morgan fingerprint density at radius 2 is 1.67 bits per heavy atom. The molecule has 0 spiro atoms. The van der Waals surface area contributed by atoms with Gasteiger partial charge in [0.2, 0.25) is 0 Å². The van der Waals surface area contributed by atoms with E-state index in [-0.39, 0.29) is 36.0 Å². The van der Waals surface area contributed by atoms with Crippen LogP contribution in [0.1, 0.15) is 117 Å². The van der Waals surface area contributed by atoms with Crippen molar-refractivity contribution in [1.29, 1.82) is 0 Å². The second-order valence-electron chi connectivity index (χ2n) is 16.5. The lowest BCUT2D eigenvalue weighted by Gasteiger charge is -2.58. The van der Waals surface area contributed by atoms with Crippen molar-refractivity contribution in [2.45, 2.75) is 120 Å². The summed E-state index contributed by atoms with van der Waals surface area (Å²) in [6.07, 6.45) is 18.9. The van der Waals surface area contributed by atoms with Gasteiger partial charge in [-0.05, 0) is 128 Å². The van der Waals surface area contributed by atoms with Gasteiger partial charge < -0.3 is 9.47 Å². The Morgan fingerprint density at radius 3 is 2.33 bits per heavy atom. The molecule has 0 aliphatic heterocycles. The van der Waals surface area contributed by atoms with Crippen molar-refractivity contribution in [1.82, 2.24) is 0 Å². The van der Waals surface area contributed by atoms with Crippen molar-refractivity contribution >= 4 is 75.7 Å². The molecule has 0 amide bonds. The van der Waals surface area contributed by atoms with E-state index in [0.29, 0.717) is 29.1 Å². The van der Waals surface area contributed by atoms with E-state index >= 15 is 0 Å². The molecule has 0 unspecified atom stereocenters. The summed E-state index contributed by atoms with van der Waals surface area (Å²) < 4.78 is 11.8. The average molecular weight is 933 g/mol. The van der Waals surface area contributed by atoms with Crippen LogP contribution in [0.5, 0.6) is 0 Å². The van der Waals surface area contributed by atoms with Crippen LogP contribution in [0.15, 0.2) is 52.5 Å². The van der Waals surface area contributed by atoms with Gasteiger partial charge in [-0.2, -0.15) is 0 Å². The predicted molar refractivity (Wildman–Crippen MR) is 214 cm³/mol. The number of ether oxygens (including phenoxy) is 2. The van der Waals surface area contributed by atoms with Crippen LogP contribution in [0.2, 0.25) is 0 Å². The molecule has 4 aliphatic carbocycles. The Kier molecular flexibility index (Phi) is 13.2. The van der Waals surface area contributed by atoms with Crippen molar-refractivity contribution in [3.63, 3.8) is 0 Å². The first kappa shape index (κ1) is 39.8. The first-order valence-electron chi connectivity index (χ1n) is 18.6. The summed E-state index contributed by atoms with van der Waals surface area (Å²) in [4.78, 5) is 25.1. The molecule has 0 saturated heterocycles. The molecule has 3 saturated carbocycles. The van der Waals surface area contributed by atoms with Gasteiger partial charge in [0.25, 0.3) is 0 Å². The van der Waals surface area contributed by atoms with Gasteiger partial charge in [-0.3, -0.25) is 9.59 Å². The van der Waals surface area contributed by atoms with Crippen LogP contribution >= 0.6 is 63.7 Å². The Bertz CT molecular complexity index is 1380. The van der Waals surface area contributed by atoms with Gasteiger partial charge in [0.05, 0.1) is 5.92 Å². The maximum absolute atomic E-state index is 13.4. The van der Waals surface area contributed by atoms with Crippen molar-refractivity contribution in [3.8, 4) is 0 Å². The van der Waals surface area contributed by atoms with Crippen LogP contribution in [0, 0.1) is 52.3 Å². The van der Waals surface area contributed by atoms with Gasteiger partial charge in [0, 0.05) is 17.8 Å². The van der Waals surface area contributed by atoms with Crippen LogP contribution in [-0.2, 0) is 19.1 Å². The Balaban J connectivity index is 1.25. The normalized spacial score (nSPS) is 33.2. The molecule has 5 rings (SSSR count). The minimum absolute atomic E-state index is 0.0591. The molecular formula is C41H56Br4O4. The third-order valence-corrected chi connectivity index (χ3v) is 14.6. The van der Waals surface area contributed by atoms with E-state index < -0.39 is 2.14 Å². The molecule has 272 valence electrons. The largest absolute Gasteiger partial charge is 0.462 e. The van der Waals surface area contributed by atoms with Crippen molar-refractivity contribution in [2.24, 2.45) is 52.3 Å². The van der Waals surface area contributed by atoms with E-state index in [9.17, 15) is 9.59 Å². The number of fused-ring (bicyclic) bond motifs is 5. The number of hydrogen-bond donors (Lipinski definition) is 0. The molecule has 1 aromatic carbocycles. The third kappa shape index (κ3) is 9.21.